The van der Waals surface area contributed by atoms with Crippen LogP contribution in [0.2, 0.25) is 5.02 Å². The van der Waals surface area contributed by atoms with Crippen LogP contribution >= 0.6 is 22.9 Å². The normalized spacial score (nSPS) is 12.4. The summed E-state index contributed by atoms with van der Waals surface area (Å²) in [7, 11) is 0. The predicted octanol–water partition coefficient (Wildman–Crippen LogP) is 3.51. The lowest BCUT2D eigenvalue weighted by Gasteiger charge is -2.13. The first-order valence-electron chi connectivity index (χ1n) is 5.72. The highest BCUT2D eigenvalue weighted by atomic mass is 35.5. The van der Waals surface area contributed by atoms with Gasteiger partial charge in [0.25, 0.3) is 0 Å². The number of nitrogens with zero attached hydrogens (tertiary/aromatic N) is 2. The molecule has 0 fully saturated rings. The first kappa shape index (κ1) is 13.1. The van der Waals surface area contributed by atoms with E-state index in [1.165, 1.54) is 4.88 Å². The Hall–Kier alpha value is -1.33. The van der Waals surface area contributed by atoms with Crippen molar-refractivity contribution >= 4 is 34.4 Å². The van der Waals surface area contributed by atoms with Gasteiger partial charge >= 0.3 is 0 Å². The molecule has 0 radical (unpaired) electrons. The number of pyridine rings is 1. The lowest BCUT2D eigenvalue weighted by atomic mass is 10.3. The molecule has 0 saturated carbocycles. The number of hydrogen-bond donors (Lipinski definition) is 2. The van der Waals surface area contributed by atoms with Crippen molar-refractivity contribution in [2.24, 2.45) is 0 Å². The fourth-order valence-corrected chi connectivity index (χ4v) is 2.60. The van der Waals surface area contributed by atoms with Gasteiger partial charge in [0.1, 0.15) is 10.8 Å². The van der Waals surface area contributed by atoms with Crippen molar-refractivity contribution in [1.82, 2.24) is 9.97 Å². The minimum absolute atomic E-state index is 0.0731. The maximum absolute atomic E-state index is 6.07. The van der Waals surface area contributed by atoms with E-state index in [0.717, 1.165) is 11.4 Å². The Bertz CT molecular complexity index is 541. The van der Waals surface area contributed by atoms with Gasteiger partial charge in [-0.1, -0.05) is 18.5 Å². The van der Waals surface area contributed by atoms with E-state index in [1.807, 2.05) is 13.1 Å². The standard InChI is InChI=1S/C12H15ClN4S/c1-3-9-6-16-12(18-9)7(2)17-11-10(13)4-8(14)5-15-11/h4-7H,3,14H2,1-2H3,(H,15,17). The van der Waals surface area contributed by atoms with E-state index in [9.17, 15) is 0 Å². The van der Waals surface area contributed by atoms with Crippen LogP contribution < -0.4 is 11.1 Å². The summed E-state index contributed by atoms with van der Waals surface area (Å²) in [6, 6.07) is 1.76. The Balaban J connectivity index is 2.13. The average molecular weight is 283 g/mol. The van der Waals surface area contributed by atoms with Crippen molar-refractivity contribution in [3.8, 4) is 0 Å². The second-order valence-electron chi connectivity index (χ2n) is 3.98. The molecule has 0 aliphatic rings. The van der Waals surface area contributed by atoms with E-state index in [0.29, 0.717) is 16.5 Å². The van der Waals surface area contributed by atoms with E-state index >= 15 is 0 Å². The van der Waals surface area contributed by atoms with E-state index in [1.54, 1.807) is 23.6 Å². The highest BCUT2D eigenvalue weighted by Gasteiger charge is 2.12. The molecule has 2 heterocycles. The zero-order valence-electron chi connectivity index (χ0n) is 10.3. The van der Waals surface area contributed by atoms with Gasteiger partial charge in [0.15, 0.2) is 0 Å². The molecule has 0 amide bonds. The lowest BCUT2D eigenvalue weighted by Crippen LogP contribution is -2.08. The smallest absolute Gasteiger partial charge is 0.145 e. The van der Waals surface area contributed by atoms with Crippen LogP contribution in [-0.4, -0.2) is 9.97 Å². The number of nitrogen functional groups attached to an aromatic ring is 1. The fraction of sp³-hybridized carbons (Fsp3) is 0.333. The van der Waals surface area contributed by atoms with Crippen LogP contribution in [-0.2, 0) is 6.42 Å². The summed E-state index contributed by atoms with van der Waals surface area (Å²) >= 11 is 7.77. The van der Waals surface area contributed by atoms with Crippen LogP contribution in [0, 0.1) is 0 Å². The van der Waals surface area contributed by atoms with Crippen molar-refractivity contribution < 1.29 is 0 Å². The second-order valence-corrected chi connectivity index (χ2v) is 5.54. The summed E-state index contributed by atoms with van der Waals surface area (Å²) in [5.41, 5.74) is 6.16. The number of rotatable bonds is 4. The van der Waals surface area contributed by atoms with Gasteiger partial charge in [-0.2, -0.15) is 0 Å². The van der Waals surface area contributed by atoms with Crippen LogP contribution in [0.4, 0.5) is 11.5 Å². The number of aryl methyl sites for hydroxylation is 1. The minimum Gasteiger partial charge on any atom is -0.397 e. The summed E-state index contributed by atoms with van der Waals surface area (Å²) in [5.74, 6) is 0.631. The molecular formula is C12H15ClN4S. The quantitative estimate of drug-likeness (QED) is 0.901. The topological polar surface area (TPSA) is 63.8 Å². The molecule has 0 bridgehead atoms. The first-order valence-corrected chi connectivity index (χ1v) is 6.91. The highest BCUT2D eigenvalue weighted by molar-refractivity contribution is 7.11. The number of halogens is 1. The molecule has 2 rings (SSSR count). The van der Waals surface area contributed by atoms with Gasteiger partial charge in [-0.25, -0.2) is 9.97 Å². The van der Waals surface area contributed by atoms with E-state index in [4.69, 9.17) is 17.3 Å². The molecule has 96 valence electrons. The third kappa shape index (κ3) is 2.91. The molecule has 0 spiro atoms. The van der Waals surface area contributed by atoms with Crippen molar-refractivity contribution in [3.05, 3.63) is 33.4 Å². The van der Waals surface area contributed by atoms with E-state index in [-0.39, 0.29) is 6.04 Å². The number of nitrogens with two attached hydrogens (primary N) is 1. The van der Waals surface area contributed by atoms with E-state index < -0.39 is 0 Å². The molecule has 0 aliphatic carbocycles. The number of aromatic nitrogens is 2. The van der Waals surface area contributed by atoms with Gasteiger partial charge in [0.05, 0.1) is 22.9 Å². The molecule has 2 aromatic rings. The third-order valence-electron chi connectivity index (χ3n) is 2.51. The van der Waals surface area contributed by atoms with Gasteiger partial charge in [0, 0.05) is 11.1 Å². The Morgan fingerprint density at radius 2 is 2.22 bits per heavy atom. The maximum atomic E-state index is 6.07. The molecule has 3 N–H and O–H groups in total. The molecule has 1 unspecified atom stereocenters. The van der Waals surface area contributed by atoms with Crippen LogP contribution in [0.3, 0.4) is 0 Å². The fourth-order valence-electron chi connectivity index (χ4n) is 1.51. The Morgan fingerprint density at radius 3 is 2.83 bits per heavy atom. The second kappa shape index (κ2) is 5.54. The highest BCUT2D eigenvalue weighted by Crippen LogP contribution is 2.27. The maximum Gasteiger partial charge on any atom is 0.145 e. The molecule has 6 heteroatoms. The van der Waals surface area contributed by atoms with Crippen molar-refractivity contribution in [3.63, 3.8) is 0 Å². The van der Waals surface area contributed by atoms with Gasteiger partial charge < -0.3 is 11.1 Å². The van der Waals surface area contributed by atoms with Gasteiger partial charge in [-0.3, -0.25) is 0 Å². The largest absolute Gasteiger partial charge is 0.397 e. The summed E-state index contributed by atoms with van der Waals surface area (Å²) in [4.78, 5) is 9.84. The van der Waals surface area contributed by atoms with Crippen LogP contribution in [0.25, 0.3) is 0 Å². The first-order chi connectivity index (χ1) is 8.60. The van der Waals surface area contributed by atoms with Gasteiger partial charge in [-0.15, -0.1) is 11.3 Å². The zero-order chi connectivity index (χ0) is 13.1. The summed E-state index contributed by atoms with van der Waals surface area (Å²) in [6.07, 6.45) is 4.50. The zero-order valence-corrected chi connectivity index (χ0v) is 11.8. The van der Waals surface area contributed by atoms with Gasteiger partial charge in [-0.05, 0) is 19.4 Å². The molecule has 18 heavy (non-hydrogen) atoms. The van der Waals surface area contributed by atoms with Crippen LogP contribution in [0.1, 0.15) is 29.8 Å². The van der Waals surface area contributed by atoms with Crippen LogP contribution in [0.5, 0.6) is 0 Å². The Labute approximate surface area is 115 Å². The number of nitrogens with one attached hydrogen (secondary N) is 1. The summed E-state index contributed by atoms with van der Waals surface area (Å²) in [5, 5.41) is 4.79. The average Bonchev–Trinajstić information content (AvgIpc) is 2.81. The predicted molar refractivity (Wildman–Crippen MR) is 77.2 cm³/mol. The number of anilines is 2. The SMILES string of the molecule is CCc1cnc(C(C)Nc2ncc(N)cc2Cl)s1. The molecule has 0 aliphatic heterocycles. The molecule has 1 atom stereocenters. The van der Waals surface area contributed by atoms with Crippen molar-refractivity contribution in [2.45, 2.75) is 26.3 Å². The van der Waals surface area contributed by atoms with Crippen LogP contribution in [0.15, 0.2) is 18.5 Å². The third-order valence-corrected chi connectivity index (χ3v) is 4.12. The minimum atomic E-state index is 0.0731. The molecule has 0 saturated heterocycles. The molecule has 2 aromatic heterocycles. The summed E-state index contributed by atoms with van der Waals surface area (Å²) in [6.45, 7) is 4.15. The molecule has 0 aromatic carbocycles. The van der Waals surface area contributed by atoms with E-state index in [2.05, 4.69) is 22.2 Å². The number of hydrogen-bond acceptors (Lipinski definition) is 5. The molecular weight excluding hydrogens is 268 g/mol. The van der Waals surface area contributed by atoms with Gasteiger partial charge in [0.2, 0.25) is 0 Å². The Kier molecular flexibility index (Phi) is 4.04. The summed E-state index contributed by atoms with van der Waals surface area (Å²) < 4.78 is 0. The van der Waals surface area contributed by atoms with Crippen molar-refractivity contribution in [2.75, 3.05) is 11.1 Å². The number of thiazole rings is 1. The molecule has 4 nitrogen and oxygen atoms in total. The monoisotopic (exact) mass is 282 g/mol. The Morgan fingerprint density at radius 1 is 1.44 bits per heavy atom. The van der Waals surface area contributed by atoms with Crippen molar-refractivity contribution in [1.29, 1.82) is 0 Å². The lowest BCUT2D eigenvalue weighted by molar-refractivity contribution is 0.861.